The molecule has 0 atom stereocenters. The molecule has 0 spiro atoms. The predicted molar refractivity (Wildman–Crippen MR) is 89.2 cm³/mol. The largest absolute Gasteiger partial charge is 0.313 e. The predicted octanol–water partition coefficient (Wildman–Crippen LogP) is 4.40. The van der Waals surface area contributed by atoms with Gasteiger partial charge in [-0.25, -0.2) is 0 Å². The van der Waals surface area contributed by atoms with E-state index in [-0.39, 0.29) is 0 Å². The minimum absolute atomic E-state index is 0.936. The van der Waals surface area contributed by atoms with E-state index in [0.29, 0.717) is 0 Å². The first-order valence-electron chi connectivity index (χ1n) is 7.52. The van der Waals surface area contributed by atoms with E-state index in [9.17, 15) is 0 Å². The van der Waals surface area contributed by atoms with Crippen LogP contribution in [0.3, 0.4) is 0 Å². The molecule has 0 fully saturated rings. The van der Waals surface area contributed by atoms with Gasteiger partial charge in [0.2, 0.25) is 0 Å². The van der Waals surface area contributed by atoms with Crippen LogP contribution in [-0.2, 0) is 6.54 Å². The molecule has 1 aromatic heterocycles. The summed E-state index contributed by atoms with van der Waals surface area (Å²) in [7, 11) is 0. The molecule has 3 rings (SSSR count). The van der Waals surface area contributed by atoms with Gasteiger partial charge in [-0.1, -0.05) is 49.4 Å². The number of hydrogen-bond donors (Lipinski definition) is 1. The van der Waals surface area contributed by atoms with Gasteiger partial charge in [-0.3, -0.25) is 4.98 Å². The van der Waals surface area contributed by atoms with Gasteiger partial charge >= 0.3 is 0 Å². The van der Waals surface area contributed by atoms with E-state index in [1.807, 2.05) is 12.3 Å². The third-order valence-corrected chi connectivity index (χ3v) is 3.67. The molecule has 0 aliphatic carbocycles. The van der Waals surface area contributed by atoms with Gasteiger partial charge in [0.15, 0.2) is 0 Å². The second-order valence-corrected chi connectivity index (χ2v) is 5.25. The molecule has 2 nitrogen and oxygen atoms in total. The summed E-state index contributed by atoms with van der Waals surface area (Å²) in [5.41, 5.74) is 4.86. The average Bonchev–Trinajstić information content (AvgIpc) is 2.55. The van der Waals surface area contributed by atoms with Crippen LogP contribution in [0.4, 0.5) is 0 Å². The van der Waals surface area contributed by atoms with Gasteiger partial charge < -0.3 is 5.32 Å². The lowest BCUT2D eigenvalue weighted by Gasteiger charge is -2.08. The number of nitrogens with zero attached hydrogens (tertiary/aromatic N) is 1. The fourth-order valence-electron chi connectivity index (χ4n) is 2.57. The number of pyridine rings is 1. The first-order valence-corrected chi connectivity index (χ1v) is 7.52. The van der Waals surface area contributed by atoms with Crippen LogP contribution in [0.2, 0.25) is 0 Å². The van der Waals surface area contributed by atoms with Crippen LogP contribution < -0.4 is 5.32 Å². The number of nitrogens with one attached hydrogen (secondary N) is 1. The number of hydrogen-bond acceptors (Lipinski definition) is 2. The van der Waals surface area contributed by atoms with Gasteiger partial charge in [-0.15, -0.1) is 0 Å². The lowest BCUT2D eigenvalue weighted by molar-refractivity contribution is 0.675. The summed E-state index contributed by atoms with van der Waals surface area (Å²) >= 11 is 0. The average molecular weight is 276 g/mol. The van der Waals surface area contributed by atoms with E-state index in [1.54, 1.807) is 0 Å². The monoisotopic (exact) mass is 276 g/mol. The smallest absolute Gasteiger partial charge is 0.0708 e. The van der Waals surface area contributed by atoms with E-state index >= 15 is 0 Å². The highest BCUT2D eigenvalue weighted by Gasteiger charge is 2.03. The maximum absolute atomic E-state index is 4.42. The third-order valence-electron chi connectivity index (χ3n) is 3.67. The Morgan fingerprint density at radius 3 is 2.62 bits per heavy atom. The molecule has 0 aliphatic rings. The zero-order chi connectivity index (χ0) is 14.5. The molecule has 0 bridgehead atoms. The molecule has 1 N–H and O–H groups in total. The van der Waals surface area contributed by atoms with Gasteiger partial charge in [-0.2, -0.15) is 0 Å². The van der Waals surface area contributed by atoms with Crippen molar-refractivity contribution in [2.24, 2.45) is 0 Å². The number of benzene rings is 2. The van der Waals surface area contributed by atoms with Crippen LogP contribution in [0.15, 0.2) is 60.8 Å². The van der Waals surface area contributed by atoms with Crippen LogP contribution in [0, 0.1) is 0 Å². The van der Waals surface area contributed by atoms with Crippen molar-refractivity contribution >= 4 is 10.9 Å². The summed E-state index contributed by atoms with van der Waals surface area (Å²) in [4.78, 5) is 4.42. The first-order chi connectivity index (χ1) is 10.4. The lowest BCUT2D eigenvalue weighted by Crippen LogP contribution is -2.13. The Labute approximate surface area is 125 Å². The molecule has 0 saturated heterocycles. The SMILES string of the molecule is CCCNCc1ccc(-c2cccc3ncccc23)cc1. The molecule has 3 aromatic rings. The summed E-state index contributed by atoms with van der Waals surface area (Å²) < 4.78 is 0. The highest BCUT2D eigenvalue weighted by molar-refractivity contribution is 5.94. The molecule has 1 heterocycles. The Bertz CT molecular complexity index is 712. The number of rotatable bonds is 5. The van der Waals surface area contributed by atoms with Crippen molar-refractivity contribution < 1.29 is 0 Å². The molecule has 2 heteroatoms. The summed E-state index contributed by atoms with van der Waals surface area (Å²) in [5.74, 6) is 0. The number of fused-ring (bicyclic) bond motifs is 1. The second kappa shape index (κ2) is 6.51. The van der Waals surface area contributed by atoms with Gasteiger partial charge in [0.1, 0.15) is 0 Å². The molecule has 21 heavy (non-hydrogen) atoms. The van der Waals surface area contributed by atoms with Crippen LogP contribution >= 0.6 is 0 Å². The quantitative estimate of drug-likeness (QED) is 0.699. The fraction of sp³-hybridized carbons (Fsp3) is 0.211. The Balaban J connectivity index is 1.89. The zero-order valence-corrected chi connectivity index (χ0v) is 12.3. The highest BCUT2D eigenvalue weighted by Crippen LogP contribution is 2.27. The van der Waals surface area contributed by atoms with Crippen molar-refractivity contribution in [2.45, 2.75) is 19.9 Å². The van der Waals surface area contributed by atoms with E-state index in [4.69, 9.17) is 0 Å². The van der Waals surface area contributed by atoms with Crippen molar-refractivity contribution in [3.63, 3.8) is 0 Å². The van der Waals surface area contributed by atoms with E-state index in [0.717, 1.165) is 18.6 Å². The van der Waals surface area contributed by atoms with Crippen LogP contribution in [-0.4, -0.2) is 11.5 Å². The molecule has 0 unspecified atom stereocenters. The normalized spacial score (nSPS) is 10.9. The van der Waals surface area contributed by atoms with Crippen molar-refractivity contribution in [3.8, 4) is 11.1 Å². The van der Waals surface area contributed by atoms with Gasteiger partial charge in [0.05, 0.1) is 5.52 Å². The van der Waals surface area contributed by atoms with E-state index in [1.165, 1.54) is 28.5 Å². The topological polar surface area (TPSA) is 24.9 Å². The van der Waals surface area contributed by atoms with Gasteiger partial charge in [0, 0.05) is 18.1 Å². The highest BCUT2D eigenvalue weighted by atomic mass is 14.8. The molecule has 106 valence electrons. The third kappa shape index (κ3) is 3.11. The second-order valence-electron chi connectivity index (χ2n) is 5.25. The van der Waals surface area contributed by atoms with Gasteiger partial charge in [-0.05, 0) is 41.8 Å². The summed E-state index contributed by atoms with van der Waals surface area (Å²) in [6.07, 6.45) is 3.01. The molecule has 0 saturated carbocycles. The van der Waals surface area contributed by atoms with Crippen molar-refractivity contribution in [3.05, 3.63) is 66.4 Å². The summed E-state index contributed by atoms with van der Waals surface area (Å²) in [6.45, 7) is 4.19. The molecule has 2 aromatic carbocycles. The van der Waals surface area contributed by atoms with E-state index < -0.39 is 0 Å². The van der Waals surface area contributed by atoms with Crippen molar-refractivity contribution in [1.29, 1.82) is 0 Å². The molecule has 0 aliphatic heterocycles. The maximum Gasteiger partial charge on any atom is 0.0708 e. The zero-order valence-electron chi connectivity index (χ0n) is 12.3. The van der Waals surface area contributed by atoms with Crippen LogP contribution in [0.25, 0.3) is 22.0 Å². The standard InChI is InChI=1S/C19H20N2/c1-2-12-20-14-15-8-10-16(11-9-15)17-5-3-7-19-18(17)6-4-13-21-19/h3-11,13,20H,2,12,14H2,1H3. The lowest BCUT2D eigenvalue weighted by atomic mass is 9.99. The molecular weight excluding hydrogens is 256 g/mol. The Morgan fingerprint density at radius 2 is 1.81 bits per heavy atom. The minimum Gasteiger partial charge on any atom is -0.313 e. The van der Waals surface area contributed by atoms with E-state index in [2.05, 4.69) is 65.8 Å². The Hall–Kier alpha value is -2.19. The molecular formula is C19H20N2. The molecule has 0 radical (unpaired) electrons. The van der Waals surface area contributed by atoms with Crippen molar-refractivity contribution in [1.82, 2.24) is 10.3 Å². The summed E-state index contributed by atoms with van der Waals surface area (Å²) in [6, 6.07) is 19.2. The fourth-order valence-corrected chi connectivity index (χ4v) is 2.57. The summed E-state index contributed by atoms with van der Waals surface area (Å²) in [5, 5.41) is 4.64. The molecule has 0 amide bonds. The minimum atomic E-state index is 0.936. The Kier molecular flexibility index (Phi) is 4.27. The van der Waals surface area contributed by atoms with Gasteiger partial charge in [0.25, 0.3) is 0 Å². The van der Waals surface area contributed by atoms with Crippen LogP contribution in [0.5, 0.6) is 0 Å². The maximum atomic E-state index is 4.42. The van der Waals surface area contributed by atoms with Crippen LogP contribution in [0.1, 0.15) is 18.9 Å². The number of aromatic nitrogens is 1. The van der Waals surface area contributed by atoms with Crippen molar-refractivity contribution in [2.75, 3.05) is 6.54 Å². The first kappa shape index (κ1) is 13.8. The Morgan fingerprint density at radius 1 is 0.952 bits per heavy atom.